The molecule has 0 aliphatic heterocycles. The van der Waals surface area contributed by atoms with Crippen LogP contribution >= 0.6 is 0 Å². The highest BCUT2D eigenvalue weighted by molar-refractivity contribution is 5.85. The fourth-order valence-corrected chi connectivity index (χ4v) is 2.19. The van der Waals surface area contributed by atoms with Crippen LogP contribution in [-0.4, -0.2) is 17.9 Å². The maximum Gasteiger partial charge on any atom is 0.224 e. The minimum atomic E-state index is -0.0465. The number of nitrogens with zero attached hydrogens (tertiary/aromatic N) is 1. The molecule has 2 aromatic rings. The summed E-state index contributed by atoms with van der Waals surface area (Å²) in [5.74, 6) is 0.663. The van der Waals surface area contributed by atoms with Gasteiger partial charge in [0.25, 0.3) is 0 Å². The van der Waals surface area contributed by atoms with Gasteiger partial charge in [0.1, 0.15) is 5.75 Å². The van der Waals surface area contributed by atoms with Crippen LogP contribution in [0, 0.1) is 0 Å². The van der Waals surface area contributed by atoms with Gasteiger partial charge < -0.3 is 9.64 Å². The van der Waals surface area contributed by atoms with Gasteiger partial charge in [-0.2, -0.15) is 0 Å². The summed E-state index contributed by atoms with van der Waals surface area (Å²) in [4.78, 5) is 13.6. The molecule has 1 amide bonds. The third-order valence-electron chi connectivity index (χ3n) is 3.31. The van der Waals surface area contributed by atoms with E-state index in [0.29, 0.717) is 18.0 Å². The minimum Gasteiger partial charge on any atom is -0.496 e. The van der Waals surface area contributed by atoms with E-state index in [-0.39, 0.29) is 5.91 Å². The van der Waals surface area contributed by atoms with Crippen LogP contribution in [0.25, 0.3) is 5.70 Å². The number of hydrogen-bond donors (Lipinski definition) is 0. The molecular weight excluding hydrogens is 262 g/mol. The number of rotatable bonds is 5. The first kappa shape index (κ1) is 14.9. The lowest BCUT2D eigenvalue weighted by Crippen LogP contribution is -2.26. The van der Waals surface area contributed by atoms with E-state index in [9.17, 15) is 4.79 Å². The van der Waals surface area contributed by atoms with Gasteiger partial charge in [-0.1, -0.05) is 49.0 Å². The molecule has 0 spiro atoms. The molecule has 2 aromatic carbocycles. The van der Waals surface area contributed by atoms with Crippen molar-refractivity contribution in [3.63, 3.8) is 0 Å². The van der Waals surface area contributed by atoms with Gasteiger partial charge in [-0.3, -0.25) is 4.79 Å². The summed E-state index contributed by atoms with van der Waals surface area (Å²) in [5.41, 5.74) is 2.53. The molecule has 0 radical (unpaired) electrons. The molecular formula is C18H19NO2. The molecule has 0 aliphatic rings. The molecule has 2 rings (SSSR count). The van der Waals surface area contributed by atoms with Gasteiger partial charge in [-0.15, -0.1) is 0 Å². The van der Waals surface area contributed by atoms with E-state index in [1.54, 1.807) is 18.9 Å². The Morgan fingerprint density at radius 1 is 1.10 bits per heavy atom. The number of hydrogen-bond acceptors (Lipinski definition) is 2. The van der Waals surface area contributed by atoms with Gasteiger partial charge in [0.05, 0.1) is 13.7 Å². The van der Waals surface area contributed by atoms with E-state index in [0.717, 1.165) is 11.1 Å². The van der Waals surface area contributed by atoms with E-state index in [2.05, 4.69) is 6.58 Å². The van der Waals surface area contributed by atoms with Crippen molar-refractivity contribution in [3.8, 4) is 5.75 Å². The molecule has 3 heteroatoms. The Labute approximate surface area is 125 Å². The molecule has 0 aromatic heterocycles. The Balaban J connectivity index is 2.30. The molecule has 21 heavy (non-hydrogen) atoms. The Hall–Kier alpha value is -2.55. The van der Waals surface area contributed by atoms with E-state index in [4.69, 9.17) is 4.74 Å². The van der Waals surface area contributed by atoms with Crippen molar-refractivity contribution < 1.29 is 9.53 Å². The molecule has 0 aliphatic carbocycles. The summed E-state index contributed by atoms with van der Waals surface area (Å²) >= 11 is 0. The van der Waals surface area contributed by atoms with Crippen molar-refractivity contribution in [3.05, 3.63) is 72.3 Å². The third kappa shape index (κ3) is 3.51. The SMILES string of the molecule is C=C(c1ccccc1OC)N(Cc1ccccc1)C(C)=O. The van der Waals surface area contributed by atoms with Crippen LogP contribution in [0.5, 0.6) is 5.75 Å². The molecule has 0 saturated heterocycles. The van der Waals surface area contributed by atoms with Crippen molar-refractivity contribution in [2.45, 2.75) is 13.5 Å². The van der Waals surface area contributed by atoms with Crippen LogP contribution in [-0.2, 0) is 11.3 Å². The van der Waals surface area contributed by atoms with Gasteiger partial charge in [0.15, 0.2) is 0 Å². The van der Waals surface area contributed by atoms with Gasteiger partial charge in [-0.25, -0.2) is 0 Å². The van der Waals surface area contributed by atoms with E-state index in [1.165, 1.54) is 0 Å². The lowest BCUT2D eigenvalue weighted by molar-refractivity contribution is -0.126. The van der Waals surface area contributed by atoms with Crippen molar-refractivity contribution >= 4 is 11.6 Å². The Morgan fingerprint density at radius 2 is 1.71 bits per heavy atom. The van der Waals surface area contributed by atoms with Crippen LogP contribution in [0.15, 0.2) is 61.2 Å². The summed E-state index contributed by atoms with van der Waals surface area (Å²) in [6.45, 7) is 6.11. The molecule has 0 heterocycles. The topological polar surface area (TPSA) is 29.5 Å². The maximum atomic E-state index is 12.0. The largest absolute Gasteiger partial charge is 0.496 e. The number of benzene rings is 2. The standard InChI is InChI=1S/C18H19NO2/c1-14(17-11-7-8-12-18(17)21-3)19(15(2)20)13-16-9-5-4-6-10-16/h4-12H,1,13H2,2-3H3. The lowest BCUT2D eigenvalue weighted by atomic mass is 10.1. The fourth-order valence-electron chi connectivity index (χ4n) is 2.19. The van der Waals surface area contributed by atoms with Gasteiger partial charge >= 0.3 is 0 Å². The average Bonchev–Trinajstić information content (AvgIpc) is 2.52. The van der Waals surface area contributed by atoms with Gasteiger partial charge in [-0.05, 0) is 17.7 Å². The Kier molecular flexibility index (Phi) is 4.77. The predicted molar refractivity (Wildman–Crippen MR) is 84.7 cm³/mol. The van der Waals surface area contributed by atoms with Crippen LogP contribution in [0.2, 0.25) is 0 Å². The number of methoxy groups -OCH3 is 1. The Morgan fingerprint density at radius 3 is 2.33 bits per heavy atom. The smallest absolute Gasteiger partial charge is 0.224 e. The Bertz CT molecular complexity index is 635. The van der Waals surface area contributed by atoms with Crippen molar-refractivity contribution in [1.82, 2.24) is 4.90 Å². The lowest BCUT2D eigenvalue weighted by Gasteiger charge is -2.24. The molecule has 0 atom stereocenters. The van der Waals surface area contributed by atoms with Crippen LogP contribution < -0.4 is 4.74 Å². The van der Waals surface area contributed by atoms with Crippen molar-refractivity contribution in [1.29, 1.82) is 0 Å². The predicted octanol–water partition coefficient (Wildman–Crippen LogP) is 3.71. The van der Waals surface area contributed by atoms with Gasteiger partial charge in [0.2, 0.25) is 5.91 Å². The molecule has 3 nitrogen and oxygen atoms in total. The average molecular weight is 281 g/mol. The van der Waals surface area contributed by atoms with Crippen LogP contribution in [0.4, 0.5) is 0 Å². The zero-order valence-corrected chi connectivity index (χ0v) is 12.4. The summed E-state index contributed by atoms with van der Waals surface area (Å²) in [5, 5.41) is 0. The summed E-state index contributed by atoms with van der Waals surface area (Å²) in [6.07, 6.45) is 0. The first-order valence-corrected chi connectivity index (χ1v) is 6.78. The number of amides is 1. The maximum absolute atomic E-state index is 12.0. The highest BCUT2D eigenvalue weighted by Crippen LogP contribution is 2.28. The second-order valence-corrected chi connectivity index (χ2v) is 4.74. The summed E-state index contributed by atoms with van der Waals surface area (Å²) < 4.78 is 5.35. The second kappa shape index (κ2) is 6.75. The zero-order valence-electron chi connectivity index (χ0n) is 12.4. The number of para-hydroxylation sites is 1. The number of carbonyl (C=O) groups is 1. The van der Waals surface area contributed by atoms with Crippen molar-refractivity contribution in [2.75, 3.05) is 7.11 Å². The fraction of sp³-hybridized carbons (Fsp3) is 0.167. The number of ether oxygens (including phenoxy) is 1. The molecule has 0 bridgehead atoms. The molecule has 0 unspecified atom stereocenters. The van der Waals surface area contributed by atoms with Crippen molar-refractivity contribution in [2.24, 2.45) is 0 Å². The molecule has 0 saturated carbocycles. The summed E-state index contributed by atoms with van der Waals surface area (Å²) in [6, 6.07) is 17.4. The molecule has 0 N–H and O–H groups in total. The second-order valence-electron chi connectivity index (χ2n) is 4.74. The van der Waals surface area contributed by atoms with E-state index >= 15 is 0 Å². The van der Waals surface area contributed by atoms with E-state index in [1.807, 2.05) is 54.6 Å². The van der Waals surface area contributed by atoms with E-state index < -0.39 is 0 Å². The van der Waals surface area contributed by atoms with Gasteiger partial charge in [0, 0.05) is 18.2 Å². The zero-order chi connectivity index (χ0) is 15.2. The highest BCUT2D eigenvalue weighted by atomic mass is 16.5. The third-order valence-corrected chi connectivity index (χ3v) is 3.31. The van der Waals surface area contributed by atoms with Crippen LogP contribution in [0.1, 0.15) is 18.1 Å². The molecule has 0 fully saturated rings. The number of carbonyl (C=O) groups excluding carboxylic acids is 1. The minimum absolute atomic E-state index is 0.0465. The normalized spacial score (nSPS) is 10.0. The summed E-state index contributed by atoms with van der Waals surface area (Å²) in [7, 11) is 1.61. The van der Waals surface area contributed by atoms with Crippen LogP contribution in [0.3, 0.4) is 0 Å². The highest BCUT2D eigenvalue weighted by Gasteiger charge is 2.17. The first-order valence-electron chi connectivity index (χ1n) is 6.78. The quantitative estimate of drug-likeness (QED) is 0.836. The monoisotopic (exact) mass is 281 g/mol. The first-order chi connectivity index (χ1) is 10.1. The molecule has 108 valence electrons.